The van der Waals surface area contributed by atoms with Crippen molar-refractivity contribution in [3.05, 3.63) is 28.8 Å². The summed E-state index contributed by atoms with van der Waals surface area (Å²) in [5.41, 5.74) is 1.45. The Balaban J connectivity index is 2.71. The van der Waals surface area contributed by atoms with Crippen LogP contribution in [0.25, 0.3) is 0 Å². The van der Waals surface area contributed by atoms with Gasteiger partial charge in [0.05, 0.1) is 11.3 Å². The van der Waals surface area contributed by atoms with E-state index in [0.29, 0.717) is 5.56 Å². The summed E-state index contributed by atoms with van der Waals surface area (Å²) >= 11 is 0. The molecule has 14 heavy (non-hydrogen) atoms. The average Bonchev–Trinajstić information content (AvgIpc) is 2.28. The van der Waals surface area contributed by atoms with Gasteiger partial charge in [-0.2, -0.15) is 8.78 Å². The van der Waals surface area contributed by atoms with Crippen LogP contribution >= 0.6 is 0 Å². The number of alkyl halides is 2. The molecule has 1 N–H and O–H groups in total. The molecular weight excluding hydrogens is 188 g/mol. The van der Waals surface area contributed by atoms with E-state index in [1.807, 2.05) is 0 Å². The number of carbonyl (C=O) groups is 1. The Morgan fingerprint density at radius 1 is 1.29 bits per heavy atom. The lowest BCUT2D eigenvalue weighted by atomic mass is 10.0. The Morgan fingerprint density at radius 3 is 2.57 bits per heavy atom. The number of benzene rings is 1. The van der Waals surface area contributed by atoms with Crippen LogP contribution < -0.4 is 5.32 Å². The van der Waals surface area contributed by atoms with Crippen LogP contribution in [0.1, 0.15) is 16.7 Å². The Bertz CT molecular complexity index is 426. The van der Waals surface area contributed by atoms with Crippen molar-refractivity contribution in [3.8, 4) is 0 Å². The second-order valence-electron chi connectivity index (χ2n) is 3.53. The zero-order chi connectivity index (χ0) is 10.5. The number of carbonyl (C=O) groups excluding carboxylic acids is 1. The third kappa shape index (κ3) is 1.03. The van der Waals surface area contributed by atoms with Crippen LogP contribution in [0.3, 0.4) is 0 Å². The van der Waals surface area contributed by atoms with E-state index in [9.17, 15) is 13.6 Å². The Morgan fingerprint density at radius 2 is 1.93 bits per heavy atom. The van der Waals surface area contributed by atoms with Crippen molar-refractivity contribution in [2.24, 2.45) is 0 Å². The molecule has 0 saturated heterocycles. The lowest BCUT2D eigenvalue weighted by Crippen LogP contribution is -2.23. The fourth-order valence-electron chi connectivity index (χ4n) is 1.70. The minimum absolute atomic E-state index is 0.208. The van der Waals surface area contributed by atoms with Gasteiger partial charge >= 0.3 is 5.92 Å². The van der Waals surface area contributed by atoms with Gasteiger partial charge in [-0.1, -0.05) is 11.6 Å². The number of amides is 1. The first kappa shape index (κ1) is 9.12. The Labute approximate surface area is 79.9 Å². The summed E-state index contributed by atoms with van der Waals surface area (Å²) in [5.74, 6) is -4.62. The summed E-state index contributed by atoms with van der Waals surface area (Å²) in [6, 6.07) is 3.11. The van der Waals surface area contributed by atoms with E-state index in [1.165, 1.54) is 6.07 Å². The van der Waals surface area contributed by atoms with Gasteiger partial charge in [-0.15, -0.1) is 0 Å². The van der Waals surface area contributed by atoms with Crippen molar-refractivity contribution in [3.63, 3.8) is 0 Å². The first-order chi connectivity index (χ1) is 6.43. The van der Waals surface area contributed by atoms with Gasteiger partial charge in [0.25, 0.3) is 5.91 Å². The monoisotopic (exact) mass is 197 g/mol. The fourth-order valence-corrected chi connectivity index (χ4v) is 1.70. The number of rotatable bonds is 0. The predicted octanol–water partition coefficient (Wildman–Crippen LogP) is 2.35. The number of fused-ring (bicyclic) bond motifs is 1. The summed E-state index contributed by atoms with van der Waals surface area (Å²) in [6.07, 6.45) is 0. The van der Waals surface area contributed by atoms with Crippen LogP contribution in [0.15, 0.2) is 12.1 Å². The molecule has 2 nitrogen and oxygen atoms in total. The number of hydrogen-bond donors (Lipinski definition) is 1. The van der Waals surface area contributed by atoms with Crippen LogP contribution in [0, 0.1) is 13.8 Å². The van der Waals surface area contributed by atoms with Gasteiger partial charge in [-0.3, -0.25) is 4.79 Å². The van der Waals surface area contributed by atoms with Crippen LogP contribution in [0.2, 0.25) is 0 Å². The summed E-state index contributed by atoms with van der Waals surface area (Å²) < 4.78 is 26.6. The van der Waals surface area contributed by atoms with Gasteiger partial charge in [-0.05, 0) is 25.5 Å². The van der Waals surface area contributed by atoms with Gasteiger partial charge in [0.2, 0.25) is 0 Å². The van der Waals surface area contributed by atoms with Gasteiger partial charge < -0.3 is 5.32 Å². The van der Waals surface area contributed by atoms with Gasteiger partial charge in [0, 0.05) is 0 Å². The van der Waals surface area contributed by atoms with E-state index < -0.39 is 11.8 Å². The number of hydrogen-bond acceptors (Lipinski definition) is 1. The van der Waals surface area contributed by atoms with E-state index in [-0.39, 0.29) is 11.3 Å². The molecule has 0 atom stereocenters. The smallest absolute Gasteiger partial charge is 0.320 e. The van der Waals surface area contributed by atoms with Crippen LogP contribution in [-0.4, -0.2) is 5.91 Å². The normalized spacial score (nSPS) is 17.9. The fraction of sp³-hybridized carbons (Fsp3) is 0.300. The number of nitrogens with one attached hydrogen (secondary N) is 1. The molecule has 1 heterocycles. The van der Waals surface area contributed by atoms with Crippen LogP contribution in [0.4, 0.5) is 14.5 Å². The molecular formula is C10H9F2NO. The lowest BCUT2D eigenvalue weighted by molar-refractivity contribution is -0.139. The Kier molecular flexibility index (Phi) is 1.65. The van der Waals surface area contributed by atoms with E-state index in [2.05, 4.69) is 5.32 Å². The molecule has 0 aromatic heterocycles. The Hall–Kier alpha value is -1.45. The molecule has 4 heteroatoms. The number of aryl methyl sites for hydroxylation is 2. The third-order valence-electron chi connectivity index (χ3n) is 2.34. The van der Waals surface area contributed by atoms with E-state index in [0.717, 1.165) is 5.56 Å². The molecule has 1 aromatic rings. The molecule has 0 unspecified atom stereocenters. The summed E-state index contributed by atoms with van der Waals surface area (Å²) in [6.45, 7) is 3.43. The van der Waals surface area contributed by atoms with Crippen molar-refractivity contribution in [2.75, 3.05) is 5.32 Å². The quantitative estimate of drug-likeness (QED) is 0.679. The third-order valence-corrected chi connectivity index (χ3v) is 2.34. The molecule has 0 bridgehead atoms. The molecule has 0 radical (unpaired) electrons. The minimum Gasteiger partial charge on any atom is -0.320 e. The first-order valence-electron chi connectivity index (χ1n) is 4.24. The average molecular weight is 197 g/mol. The highest BCUT2D eigenvalue weighted by Gasteiger charge is 2.48. The zero-order valence-electron chi connectivity index (χ0n) is 7.82. The van der Waals surface area contributed by atoms with E-state index in [4.69, 9.17) is 0 Å². The van der Waals surface area contributed by atoms with Gasteiger partial charge in [0.1, 0.15) is 0 Å². The first-order valence-corrected chi connectivity index (χ1v) is 4.24. The topological polar surface area (TPSA) is 29.1 Å². The minimum atomic E-state index is -3.38. The molecule has 1 aliphatic heterocycles. The molecule has 0 saturated carbocycles. The molecule has 2 rings (SSSR count). The second kappa shape index (κ2) is 2.53. The van der Waals surface area contributed by atoms with E-state index >= 15 is 0 Å². The SMILES string of the molecule is Cc1cc(C)c2c(c1)C(F)(F)C(=O)N2. The van der Waals surface area contributed by atoms with Gasteiger partial charge in [-0.25, -0.2) is 0 Å². The van der Waals surface area contributed by atoms with E-state index in [1.54, 1.807) is 19.9 Å². The summed E-state index contributed by atoms with van der Waals surface area (Å²) in [5, 5.41) is 2.19. The maximum Gasteiger partial charge on any atom is 0.352 e. The maximum absolute atomic E-state index is 13.3. The van der Waals surface area contributed by atoms with Gasteiger partial charge in [0.15, 0.2) is 0 Å². The second-order valence-corrected chi connectivity index (χ2v) is 3.53. The highest BCUT2D eigenvalue weighted by molar-refractivity contribution is 6.04. The standard InChI is InChI=1S/C10H9F2NO/c1-5-3-6(2)8-7(4-5)10(11,12)9(14)13-8/h3-4H,1-2H3,(H,13,14). The van der Waals surface area contributed by atoms with Crippen LogP contribution in [0.5, 0.6) is 0 Å². The van der Waals surface area contributed by atoms with Crippen molar-refractivity contribution < 1.29 is 13.6 Å². The number of halogens is 2. The molecule has 74 valence electrons. The molecule has 1 aromatic carbocycles. The van der Waals surface area contributed by atoms with Crippen molar-refractivity contribution >= 4 is 11.6 Å². The predicted molar refractivity (Wildman–Crippen MR) is 48.4 cm³/mol. The molecule has 1 aliphatic rings. The zero-order valence-corrected chi connectivity index (χ0v) is 7.82. The van der Waals surface area contributed by atoms with Crippen molar-refractivity contribution in [1.29, 1.82) is 0 Å². The molecule has 1 amide bonds. The highest BCUT2D eigenvalue weighted by Crippen LogP contribution is 2.42. The largest absolute Gasteiger partial charge is 0.352 e. The molecule has 0 spiro atoms. The van der Waals surface area contributed by atoms with Crippen LogP contribution in [-0.2, 0) is 10.7 Å². The number of anilines is 1. The summed E-state index contributed by atoms with van der Waals surface area (Å²) in [4.78, 5) is 11.0. The molecule has 0 fully saturated rings. The summed E-state index contributed by atoms with van der Waals surface area (Å²) in [7, 11) is 0. The highest BCUT2D eigenvalue weighted by atomic mass is 19.3. The maximum atomic E-state index is 13.3. The van der Waals surface area contributed by atoms with Crippen molar-refractivity contribution in [2.45, 2.75) is 19.8 Å². The molecule has 0 aliphatic carbocycles. The lowest BCUT2D eigenvalue weighted by Gasteiger charge is -2.08. The van der Waals surface area contributed by atoms with Crippen molar-refractivity contribution in [1.82, 2.24) is 0 Å².